The maximum atomic E-state index is 5.85. The Kier molecular flexibility index (Phi) is 5.32. The van der Waals surface area contributed by atoms with E-state index in [1.165, 1.54) is 0 Å². The highest BCUT2D eigenvalue weighted by molar-refractivity contribution is 5.53. The summed E-state index contributed by atoms with van der Waals surface area (Å²) in [7, 11) is 0. The van der Waals surface area contributed by atoms with Crippen LogP contribution in [-0.2, 0) is 0 Å². The second-order valence-corrected chi connectivity index (χ2v) is 4.64. The van der Waals surface area contributed by atoms with Crippen LogP contribution >= 0.6 is 0 Å². The van der Waals surface area contributed by atoms with E-state index in [4.69, 9.17) is 19.9 Å². The summed E-state index contributed by atoms with van der Waals surface area (Å²) < 4.78 is 16.6. The topological polar surface area (TPSA) is 53.7 Å². The van der Waals surface area contributed by atoms with Gasteiger partial charge in [-0.25, -0.2) is 0 Å². The molecule has 0 spiro atoms. The van der Waals surface area contributed by atoms with Gasteiger partial charge in [0.05, 0.1) is 12.3 Å². The Balaban J connectivity index is 1.77. The van der Waals surface area contributed by atoms with Gasteiger partial charge in [-0.3, -0.25) is 0 Å². The summed E-state index contributed by atoms with van der Waals surface area (Å²) in [5.41, 5.74) is 7.61. The third-order valence-electron chi connectivity index (χ3n) is 2.91. The number of hydrogen-bond donors (Lipinski definition) is 1. The van der Waals surface area contributed by atoms with Gasteiger partial charge >= 0.3 is 0 Å². The van der Waals surface area contributed by atoms with Crippen molar-refractivity contribution < 1.29 is 14.2 Å². The number of nitrogen functional groups attached to an aromatic ring is 1. The van der Waals surface area contributed by atoms with Crippen LogP contribution in [0, 0.1) is 6.92 Å². The van der Waals surface area contributed by atoms with E-state index in [2.05, 4.69) is 0 Å². The van der Waals surface area contributed by atoms with Crippen molar-refractivity contribution in [2.24, 2.45) is 0 Å². The lowest BCUT2D eigenvalue weighted by atomic mass is 10.2. The largest absolute Gasteiger partial charge is 0.494 e. The zero-order valence-corrected chi connectivity index (χ0v) is 12.5. The van der Waals surface area contributed by atoms with Crippen LogP contribution in [0.1, 0.15) is 12.5 Å². The molecule has 0 heterocycles. The van der Waals surface area contributed by atoms with E-state index in [-0.39, 0.29) is 0 Å². The first-order valence-electron chi connectivity index (χ1n) is 7.03. The van der Waals surface area contributed by atoms with E-state index in [0.717, 1.165) is 17.1 Å². The number of ether oxygens (including phenoxy) is 3. The summed E-state index contributed by atoms with van der Waals surface area (Å²) in [4.78, 5) is 0. The molecule has 0 amide bonds. The van der Waals surface area contributed by atoms with Gasteiger partial charge in [-0.1, -0.05) is 6.07 Å². The van der Waals surface area contributed by atoms with Gasteiger partial charge in [0.15, 0.2) is 0 Å². The molecule has 2 aromatic rings. The second kappa shape index (κ2) is 7.43. The van der Waals surface area contributed by atoms with E-state index >= 15 is 0 Å². The molecular formula is C17H21NO3. The van der Waals surface area contributed by atoms with Crippen LogP contribution in [0.5, 0.6) is 17.2 Å². The van der Waals surface area contributed by atoms with Crippen molar-refractivity contribution in [3.05, 3.63) is 48.0 Å². The highest BCUT2D eigenvalue weighted by atomic mass is 16.5. The lowest BCUT2D eigenvalue weighted by Gasteiger charge is -2.11. The lowest BCUT2D eigenvalue weighted by molar-refractivity contribution is 0.217. The van der Waals surface area contributed by atoms with E-state index in [1.807, 2.05) is 56.3 Å². The molecule has 0 atom stereocenters. The Hall–Kier alpha value is -2.36. The number of anilines is 1. The quantitative estimate of drug-likeness (QED) is 0.626. The standard InChI is InChI=1S/C17H21NO3/c1-3-19-14-5-7-15(8-6-14)20-10-11-21-17-12-13(2)4-9-16(17)18/h4-9,12H,3,10-11,18H2,1-2H3. The SMILES string of the molecule is CCOc1ccc(OCCOc2cc(C)ccc2N)cc1. The molecule has 4 nitrogen and oxygen atoms in total. The Morgan fingerprint density at radius 2 is 1.48 bits per heavy atom. The molecule has 0 fully saturated rings. The van der Waals surface area contributed by atoms with Crippen molar-refractivity contribution >= 4 is 5.69 Å². The summed E-state index contributed by atoms with van der Waals surface area (Å²) in [5.74, 6) is 2.33. The molecule has 0 bridgehead atoms. The Labute approximate surface area is 125 Å². The highest BCUT2D eigenvalue weighted by Crippen LogP contribution is 2.22. The molecule has 2 aromatic carbocycles. The van der Waals surface area contributed by atoms with Crippen molar-refractivity contribution in [3.63, 3.8) is 0 Å². The van der Waals surface area contributed by atoms with Crippen molar-refractivity contribution in [1.29, 1.82) is 0 Å². The molecule has 0 aliphatic carbocycles. The Morgan fingerprint density at radius 3 is 2.14 bits per heavy atom. The van der Waals surface area contributed by atoms with Crippen LogP contribution in [0.2, 0.25) is 0 Å². The van der Waals surface area contributed by atoms with Gasteiger partial charge in [0.25, 0.3) is 0 Å². The predicted octanol–water partition coefficient (Wildman–Crippen LogP) is 3.43. The molecular weight excluding hydrogens is 266 g/mol. The maximum Gasteiger partial charge on any atom is 0.142 e. The van der Waals surface area contributed by atoms with E-state index in [1.54, 1.807) is 0 Å². The molecule has 0 aliphatic heterocycles. The molecule has 0 aromatic heterocycles. The molecule has 4 heteroatoms. The third-order valence-corrected chi connectivity index (χ3v) is 2.91. The van der Waals surface area contributed by atoms with E-state index in [9.17, 15) is 0 Å². The summed E-state index contributed by atoms with van der Waals surface area (Å²) in [5, 5.41) is 0. The molecule has 2 N–H and O–H groups in total. The second-order valence-electron chi connectivity index (χ2n) is 4.64. The van der Waals surface area contributed by atoms with E-state index < -0.39 is 0 Å². The minimum absolute atomic E-state index is 0.445. The highest BCUT2D eigenvalue weighted by Gasteiger charge is 2.01. The van der Waals surface area contributed by atoms with Gasteiger partial charge in [0.2, 0.25) is 0 Å². The first kappa shape index (κ1) is 15.0. The number of benzene rings is 2. The lowest BCUT2D eigenvalue weighted by Crippen LogP contribution is -2.10. The molecule has 0 saturated heterocycles. The number of rotatable bonds is 7. The molecule has 0 aliphatic rings. The maximum absolute atomic E-state index is 5.85. The molecule has 0 unspecified atom stereocenters. The van der Waals surface area contributed by atoms with Gasteiger partial charge in [-0.05, 0) is 55.8 Å². The summed E-state index contributed by atoms with van der Waals surface area (Å²) >= 11 is 0. The fourth-order valence-corrected chi connectivity index (χ4v) is 1.88. The first-order valence-corrected chi connectivity index (χ1v) is 7.03. The molecule has 0 saturated carbocycles. The van der Waals surface area contributed by atoms with Crippen molar-refractivity contribution in [2.75, 3.05) is 25.6 Å². The fourth-order valence-electron chi connectivity index (χ4n) is 1.88. The van der Waals surface area contributed by atoms with E-state index in [0.29, 0.717) is 31.3 Å². The number of aryl methyl sites for hydroxylation is 1. The number of nitrogens with two attached hydrogens (primary N) is 1. The van der Waals surface area contributed by atoms with Gasteiger partial charge in [-0.2, -0.15) is 0 Å². The summed E-state index contributed by atoms with van der Waals surface area (Å²) in [6, 6.07) is 13.3. The zero-order valence-electron chi connectivity index (χ0n) is 12.5. The predicted molar refractivity (Wildman–Crippen MR) is 84.2 cm³/mol. The Morgan fingerprint density at radius 1 is 0.857 bits per heavy atom. The Bertz CT molecular complexity index is 567. The van der Waals surface area contributed by atoms with Gasteiger partial charge < -0.3 is 19.9 Å². The molecule has 2 rings (SSSR count). The summed E-state index contributed by atoms with van der Waals surface area (Å²) in [6.07, 6.45) is 0. The average Bonchev–Trinajstić information content (AvgIpc) is 2.49. The van der Waals surface area contributed by atoms with Crippen LogP contribution in [-0.4, -0.2) is 19.8 Å². The minimum Gasteiger partial charge on any atom is -0.494 e. The number of hydrogen-bond acceptors (Lipinski definition) is 4. The monoisotopic (exact) mass is 287 g/mol. The fraction of sp³-hybridized carbons (Fsp3) is 0.294. The normalized spacial score (nSPS) is 10.2. The van der Waals surface area contributed by atoms with Crippen molar-refractivity contribution in [2.45, 2.75) is 13.8 Å². The molecule has 112 valence electrons. The van der Waals surface area contributed by atoms with Crippen LogP contribution in [0.25, 0.3) is 0 Å². The van der Waals surface area contributed by atoms with Crippen LogP contribution in [0.15, 0.2) is 42.5 Å². The first-order chi connectivity index (χ1) is 10.2. The van der Waals surface area contributed by atoms with Crippen LogP contribution in [0.4, 0.5) is 5.69 Å². The minimum atomic E-state index is 0.445. The third kappa shape index (κ3) is 4.60. The molecule has 0 radical (unpaired) electrons. The van der Waals surface area contributed by atoms with Crippen molar-refractivity contribution in [3.8, 4) is 17.2 Å². The average molecular weight is 287 g/mol. The van der Waals surface area contributed by atoms with Gasteiger partial charge in [-0.15, -0.1) is 0 Å². The van der Waals surface area contributed by atoms with Crippen molar-refractivity contribution in [1.82, 2.24) is 0 Å². The summed E-state index contributed by atoms with van der Waals surface area (Å²) in [6.45, 7) is 5.52. The molecule has 21 heavy (non-hydrogen) atoms. The van der Waals surface area contributed by atoms with Crippen LogP contribution < -0.4 is 19.9 Å². The smallest absolute Gasteiger partial charge is 0.142 e. The van der Waals surface area contributed by atoms with Gasteiger partial charge in [0.1, 0.15) is 30.5 Å². The zero-order chi connectivity index (χ0) is 15.1. The van der Waals surface area contributed by atoms with Crippen LogP contribution in [0.3, 0.4) is 0 Å². The van der Waals surface area contributed by atoms with Gasteiger partial charge in [0, 0.05) is 0 Å².